The van der Waals surface area contributed by atoms with E-state index in [0.29, 0.717) is 21.8 Å². The third kappa shape index (κ3) is 3.05. The Bertz CT molecular complexity index is 546. The number of carboxylic acid groups (broad SMARTS) is 1. The normalized spacial score (nSPS) is 21.5. The molecule has 0 bridgehead atoms. The Labute approximate surface area is 128 Å². The number of rotatable bonds is 3. The Hall–Kier alpha value is -1.31. The van der Waals surface area contributed by atoms with Crippen molar-refractivity contribution in [2.45, 2.75) is 12.0 Å². The van der Waals surface area contributed by atoms with E-state index in [-0.39, 0.29) is 13.0 Å². The van der Waals surface area contributed by atoms with Gasteiger partial charge in [-0.15, -0.1) is 0 Å². The topological polar surface area (TPSA) is 87.7 Å². The number of halogens is 2. The number of ether oxygens (including phenoxy) is 1. The Morgan fingerprint density at radius 1 is 1.45 bits per heavy atom. The lowest BCUT2D eigenvalue weighted by Crippen LogP contribution is -2.56. The second-order valence-corrected chi connectivity index (χ2v) is 5.57. The lowest BCUT2D eigenvalue weighted by atomic mass is 9.99. The van der Waals surface area contributed by atoms with Crippen LogP contribution in [0.25, 0.3) is 0 Å². The van der Waals surface area contributed by atoms with Crippen LogP contribution in [-0.2, 0) is 9.53 Å². The van der Waals surface area contributed by atoms with Crippen LogP contribution in [0.2, 0.25) is 5.02 Å². The maximum atomic E-state index is 11.9. The van der Waals surface area contributed by atoms with Crippen LogP contribution in [0.3, 0.4) is 0 Å². The lowest BCUT2D eigenvalue weighted by molar-refractivity contribution is -0.144. The average molecular weight is 364 g/mol. The summed E-state index contributed by atoms with van der Waals surface area (Å²) in [6.45, 7) is 0.250. The molecule has 1 fully saturated rings. The van der Waals surface area contributed by atoms with Gasteiger partial charge in [0.1, 0.15) is 0 Å². The monoisotopic (exact) mass is 362 g/mol. The van der Waals surface area contributed by atoms with Crippen LogP contribution in [0, 0.1) is 0 Å². The molecule has 20 heavy (non-hydrogen) atoms. The summed E-state index contributed by atoms with van der Waals surface area (Å²) in [5.41, 5.74) is -0.927. The highest BCUT2D eigenvalue weighted by molar-refractivity contribution is 9.10. The average Bonchev–Trinajstić information content (AvgIpc) is 2.85. The van der Waals surface area contributed by atoms with Gasteiger partial charge in [-0.1, -0.05) is 17.7 Å². The Morgan fingerprint density at radius 3 is 2.80 bits per heavy atom. The van der Waals surface area contributed by atoms with Gasteiger partial charge in [0, 0.05) is 13.0 Å². The number of carbonyl (C=O) groups excluding carboxylic acids is 1. The summed E-state index contributed by atoms with van der Waals surface area (Å²) < 4.78 is 5.59. The van der Waals surface area contributed by atoms with Gasteiger partial charge >= 0.3 is 12.0 Å². The minimum absolute atomic E-state index is 0.0491. The molecule has 2 amide bonds. The molecule has 1 aromatic rings. The first-order valence-electron chi connectivity index (χ1n) is 5.79. The first kappa shape index (κ1) is 15.1. The van der Waals surface area contributed by atoms with Crippen molar-refractivity contribution in [1.82, 2.24) is 5.32 Å². The van der Waals surface area contributed by atoms with Crippen molar-refractivity contribution >= 4 is 45.2 Å². The van der Waals surface area contributed by atoms with E-state index < -0.39 is 17.5 Å². The maximum Gasteiger partial charge on any atom is 0.332 e. The largest absolute Gasteiger partial charge is 0.479 e. The van der Waals surface area contributed by atoms with Gasteiger partial charge in [0.25, 0.3) is 0 Å². The number of amides is 2. The van der Waals surface area contributed by atoms with Gasteiger partial charge in [-0.05, 0) is 28.1 Å². The van der Waals surface area contributed by atoms with Gasteiger partial charge in [0.05, 0.1) is 21.8 Å². The van der Waals surface area contributed by atoms with E-state index in [2.05, 4.69) is 26.6 Å². The molecule has 0 aliphatic carbocycles. The van der Waals surface area contributed by atoms with Gasteiger partial charge in [-0.3, -0.25) is 0 Å². The minimum Gasteiger partial charge on any atom is -0.479 e. The van der Waals surface area contributed by atoms with Crippen LogP contribution >= 0.6 is 27.5 Å². The third-order valence-corrected chi connectivity index (χ3v) is 4.38. The van der Waals surface area contributed by atoms with Crippen LogP contribution in [0.15, 0.2) is 22.7 Å². The number of hydrogen-bond donors (Lipinski definition) is 3. The number of anilines is 1. The van der Waals surface area contributed by atoms with E-state index in [0.717, 1.165) is 0 Å². The standard InChI is InChI=1S/C12H12BrClN2O4/c13-9-7(14)2-1-3-8(9)15-11(19)16-12(10(17)18)4-5-20-6-12/h1-3H,4-6H2,(H,17,18)(H2,15,16,19). The van der Waals surface area contributed by atoms with E-state index in [9.17, 15) is 14.7 Å². The van der Waals surface area contributed by atoms with Crippen molar-refractivity contribution in [3.8, 4) is 0 Å². The molecule has 2 rings (SSSR count). The lowest BCUT2D eigenvalue weighted by Gasteiger charge is -2.24. The number of hydrogen-bond acceptors (Lipinski definition) is 3. The summed E-state index contributed by atoms with van der Waals surface area (Å²) in [5, 5.41) is 14.7. The van der Waals surface area contributed by atoms with Crippen LogP contribution in [0.4, 0.5) is 10.5 Å². The van der Waals surface area contributed by atoms with Gasteiger partial charge in [0.2, 0.25) is 0 Å². The zero-order valence-corrected chi connectivity index (χ0v) is 12.6. The Morgan fingerprint density at radius 2 is 2.20 bits per heavy atom. The van der Waals surface area contributed by atoms with Crippen molar-refractivity contribution in [1.29, 1.82) is 0 Å². The molecule has 1 aliphatic heterocycles. The summed E-state index contributed by atoms with van der Waals surface area (Å²) in [5.74, 6) is -1.12. The smallest absolute Gasteiger partial charge is 0.332 e. The van der Waals surface area contributed by atoms with Crippen LogP contribution in [-0.4, -0.2) is 35.9 Å². The number of nitrogens with one attached hydrogen (secondary N) is 2. The summed E-state index contributed by atoms with van der Waals surface area (Å²) in [6, 6.07) is 4.36. The molecule has 1 saturated heterocycles. The molecular formula is C12H12BrClN2O4. The molecule has 1 aromatic carbocycles. The molecule has 3 N–H and O–H groups in total. The zero-order valence-electron chi connectivity index (χ0n) is 10.3. The first-order valence-corrected chi connectivity index (χ1v) is 6.96. The Kier molecular flexibility index (Phi) is 4.52. The molecule has 1 unspecified atom stereocenters. The van der Waals surface area contributed by atoms with E-state index in [1.54, 1.807) is 18.2 Å². The van der Waals surface area contributed by atoms with Crippen molar-refractivity contribution in [3.63, 3.8) is 0 Å². The fourth-order valence-corrected chi connectivity index (χ4v) is 2.39. The van der Waals surface area contributed by atoms with Gasteiger partial charge in [0.15, 0.2) is 5.54 Å². The number of carbonyl (C=O) groups is 2. The number of benzene rings is 1. The summed E-state index contributed by atoms with van der Waals surface area (Å²) in [4.78, 5) is 23.2. The fourth-order valence-electron chi connectivity index (χ4n) is 1.86. The molecule has 1 aliphatic rings. The Balaban J connectivity index is 2.09. The number of aliphatic carboxylic acids is 1. The molecule has 0 radical (unpaired) electrons. The van der Waals surface area contributed by atoms with Crippen LogP contribution < -0.4 is 10.6 Å². The summed E-state index contributed by atoms with van der Waals surface area (Å²) in [6.07, 6.45) is 0.229. The third-order valence-electron chi connectivity index (χ3n) is 2.98. The van der Waals surface area contributed by atoms with Crippen molar-refractivity contribution in [2.24, 2.45) is 0 Å². The van der Waals surface area contributed by atoms with Gasteiger partial charge in [-0.2, -0.15) is 0 Å². The predicted molar refractivity (Wildman–Crippen MR) is 77.1 cm³/mol. The van der Waals surface area contributed by atoms with Crippen molar-refractivity contribution in [3.05, 3.63) is 27.7 Å². The first-order chi connectivity index (χ1) is 9.44. The highest BCUT2D eigenvalue weighted by atomic mass is 79.9. The molecule has 6 nitrogen and oxygen atoms in total. The van der Waals surface area contributed by atoms with E-state index in [4.69, 9.17) is 16.3 Å². The molecule has 0 spiro atoms. The predicted octanol–water partition coefficient (Wildman–Crippen LogP) is 2.47. The van der Waals surface area contributed by atoms with Crippen molar-refractivity contribution < 1.29 is 19.4 Å². The fraction of sp³-hybridized carbons (Fsp3) is 0.333. The highest BCUT2D eigenvalue weighted by Gasteiger charge is 2.44. The van der Waals surface area contributed by atoms with Gasteiger partial charge in [-0.25, -0.2) is 9.59 Å². The van der Waals surface area contributed by atoms with E-state index in [1.165, 1.54) is 0 Å². The van der Waals surface area contributed by atoms with Crippen molar-refractivity contribution in [2.75, 3.05) is 18.5 Å². The molecule has 1 atom stereocenters. The van der Waals surface area contributed by atoms with Gasteiger partial charge < -0.3 is 20.5 Å². The highest BCUT2D eigenvalue weighted by Crippen LogP contribution is 2.30. The van der Waals surface area contributed by atoms with Crippen LogP contribution in [0.1, 0.15) is 6.42 Å². The molecule has 0 saturated carbocycles. The number of urea groups is 1. The van der Waals surface area contributed by atoms with Crippen LogP contribution in [0.5, 0.6) is 0 Å². The summed E-state index contributed by atoms with van der Waals surface area (Å²) >= 11 is 9.16. The summed E-state index contributed by atoms with van der Waals surface area (Å²) in [7, 11) is 0. The SMILES string of the molecule is O=C(Nc1cccc(Cl)c1Br)NC1(C(=O)O)CCOC1. The van der Waals surface area contributed by atoms with E-state index >= 15 is 0 Å². The zero-order chi connectivity index (χ0) is 14.8. The minimum atomic E-state index is -1.38. The molecule has 1 heterocycles. The molecule has 8 heteroatoms. The molecular weight excluding hydrogens is 351 g/mol. The van der Waals surface area contributed by atoms with E-state index in [1.807, 2.05) is 0 Å². The maximum absolute atomic E-state index is 11.9. The molecule has 108 valence electrons. The second kappa shape index (κ2) is 5.99. The molecule has 0 aromatic heterocycles. The number of carboxylic acids is 1. The quantitative estimate of drug-likeness (QED) is 0.770. The second-order valence-electron chi connectivity index (χ2n) is 4.37.